The molecule has 0 saturated heterocycles. The lowest BCUT2D eigenvalue weighted by Crippen LogP contribution is -2.30. The minimum Gasteiger partial charge on any atom is -0.381 e. The van der Waals surface area contributed by atoms with Gasteiger partial charge in [-0.2, -0.15) is 0 Å². The maximum absolute atomic E-state index is 5.94. The third kappa shape index (κ3) is 5.66. The molecule has 3 aromatic rings. The zero-order valence-electron chi connectivity index (χ0n) is 14.3. The minimum absolute atomic E-state index is 0.241. The van der Waals surface area contributed by atoms with Gasteiger partial charge in [-0.25, -0.2) is 0 Å². The van der Waals surface area contributed by atoms with E-state index in [9.17, 15) is 0 Å². The average Bonchev–Trinajstić information content (AvgIpc) is 2.68. The SMILES string of the molecule is NC[C@H](Cc1ccccc1)Nc1ccc(SCc2ccccc2)cc1. The normalized spacial score (nSPS) is 11.9. The summed E-state index contributed by atoms with van der Waals surface area (Å²) in [5.41, 5.74) is 9.72. The molecule has 0 saturated carbocycles. The highest BCUT2D eigenvalue weighted by atomic mass is 32.2. The van der Waals surface area contributed by atoms with Crippen LogP contribution in [0.3, 0.4) is 0 Å². The molecular weight excluding hydrogens is 324 g/mol. The van der Waals surface area contributed by atoms with Crippen molar-refractivity contribution in [3.63, 3.8) is 0 Å². The summed E-state index contributed by atoms with van der Waals surface area (Å²) in [6.45, 7) is 0.611. The predicted octanol–water partition coefficient (Wildman–Crippen LogP) is 4.96. The van der Waals surface area contributed by atoms with E-state index in [1.807, 2.05) is 17.8 Å². The molecule has 2 nitrogen and oxygen atoms in total. The van der Waals surface area contributed by atoms with Gasteiger partial charge in [0.15, 0.2) is 0 Å². The van der Waals surface area contributed by atoms with Crippen molar-refractivity contribution in [3.05, 3.63) is 96.1 Å². The van der Waals surface area contributed by atoms with Crippen LogP contribution in [0.5, 0.6) is 0 Å². The summed E-state index contributed by atoms with van der Waals surface area (Å²) >= 11 is 1.86. The van der Waals surface area contributed by atoms with Gasteiger partial charge in [0.05, 0.1) is 0 Å². The summed E-state index contributed by atoms with van der Waals surface area (Å²) in [7, 11) is 0. The fraction of sp³-hybridized carbons (Fsp3) is 0.182. The second-order valence-electron chi connectivity index (χ2n) is 6.07. The molecule has 0 aliphatic heterocycles. The third-order valence-corrected chi connectivity index (χ3v) is 5.17. The standard InChI is InChI=1S/C22H24N2S/c23-16-21(15-18-7-3-1-4-8-18)24-20-11-13-22(14-12-20)25-17-19-9-5-2-6-10-19/h1-14,21,24H,15-17,23H2/t21-/m0/s1. The van der Waals surface area contributed by atoms with Crippen LogP contribution in [0.1, 0.15) is 11.1 Å². The molecule has 0 heterocycles. The van der Waals surface area contributed by atoms with Crippen molar-refractivity contribution in [2.24, 2.45) is 5.73 Å². The first-order valence-electron chi connectivity index (χ1n) is 8.61. The molecule has 3 heteroatoms. The van der Waals surface area contributed by atoms with E-state index in [1.165, 1.54) is 16.0 Å². The van der Waals surface area contributed by atoms with Crippen LogP contribution in [-0.2, 0) is 12.2 Å². The van der Waals surface area contributed by atoms with Crippen molar-refractivity contribution in [2.45, 2.75) is 23.1 Å². The van der Waals surface area contributed by atoms with E-state index in [0.29, 0.717) is 6.54 Å². The average molecular weight is 349 g/mol. The fourth-order valence-corrected chi connectivity index (χ4v) is 3.57. The molecule has 3 rings (SSSR count). The van der Waals surface area contributed by atoms with Crippen molar-refractivity contribution in [2.75, 3.05) is 11.9 Å². The number of anilines is 1. The van der Waals surface area contributed by atoms with Crippen LogP contribution >= 0.6 is 11.8 Å². The Balaban J connectivity index is 1.54. The molecule has 0 amide bonds. The summed E-state index contributed by atoms with van der Waals surface area (Å²) in [5, 5.41) is 3.54. The number of hydrogen-bond donors (Lipinski definition) is 2. The van der Waals surface area contributed by atoms with E-state index in [0.717, 1.165) is 17.9 Å². The topological polar surface area (TPSA) is 38.0 Å². The van der Waals surface area contributed by atoms with Crippen LogP contribution in [-0.4, -0.2) is 12.6 Å². The lowest BCUT2D eigenvalue weighted by atomic mass is 10.1. The van der Waals surface area contributed by atoms with E-state index >= 15 is 0 Å². The molecule has 0 fully saturated rings. The maximum Gasteiger partial charge on any atom is 0.0424 e. The number of benzene rings is 3. The first-order chi connectivity index (χ1) is 12.3. The second-order valence-corrected chi connectivity index (χ2v) is 7.11. The number of hydrogen-bond acceptors (Lipinski definition) is 3. The van der Waals surface area contributed by atoms with Gasteiger partial charge < -0.3 is 11.1 Å². The largest absolute Gasteiger partial charge is 0.381 e. The Bertz CT molecular complexity index is 742. The van der Waals surface area contributed by atoms with Crippen LogP contribution in [0, 0.1) is 0 Å². The van der Waals surface area contributed by atoms with Gasteiger partial charge in [0.1, 0.15) is 0 Å². The quantitative estimate of drug-likeness (QED) is 0.565. The van der Waals surface area contributed by atoms with Crippen molar-refractivity contribution in [1.29, 1.82) is 0 Å². The van der Waals surface area contributed by atoms with Gasteiger partial charge in [0, 0.05) is 28.9 Å². The molecule has 0 bridgehead atoms. The monoisotopic (exact) mass is 348 g/mol. The molecule has 0 unspecified atom stereocenters. The van der Waals surface area contributed by atoms with Crippen LogP contribution in [0.15, 0.2) is 89.8 Å². The number of rotatable bonds is 8. The Morgan fingerprint density at radius 2 is 1.36 bits per heavy atom. The van der Waals surface area contributed by atoms with E-state index in [1.54, 1.807) is 0 Å². The van der Waals surface area contributed by atoms with Crippen LogP contribution < -0.4 is 11.1 Å². The van der Waals surface area contributed by atoms with Gasteiger partial charge >= 0.3 is 0 Å². The molecule has 25 heavy (non-hydrogen) atoms. The fourth-order valence-electron chi connectivity index (χ4n) is 2.72. The summed E-state index contributed by atoms with van der Waals surface area (Å²) in [6, 6.07) is 29.9. The van der Waals surface area contributed by atoms with Gasteiger partial charge in [0.25, 0.3) is 0 Å². The highest BCUT2D eigenvalue weighted by Crippen LogP contribution is 2.24. The predicted molar refractivity (Wildman–Crippen MR) is 109 cm³/mol. The highest BCUT2D eigenvalue weighted by molar-refractivity contribution is 7.98. The lowest BCUT2D eigenvalue weighted by Gasteiger charge is -2.18. The molecule has 3 N–H and O–H groups in total. The second kappa shape index (κ2) is 9.30. The van der Waals surface area contributed by atoms with Crippen LogP contribution in [0.4, 0.5) is 5.69 Å². The zero-order valence-corrected chi connectivity index (χ0v) is 15.1. The Labute approximate surface area is 154 Å². The molecule has 0 radical (unpaired) electrons. The van der Waals surface area contributed by atoms with Gasteiger partial charge in [-0.1, -0.05) is 60.7 Å². The van der Waals surface area contributed by atoms with Crippen LogP contribution in [0.25, 0.3) is 0 Å². The Morgan fingerprint density at radius 1 is 0.760 bits per heavy atom. The summed E-state index contributed by atoms with van der Waals surface area (Å²) in [5.74, 6) is 0.993. The zero-order chi connectivity index (χ0) is 17.3. The molecule has 0 spiro atoms. The molecule has 3 aromatic carbocycles. The number of nitrogens with two attached hydrogens (primary N) is 1. The Morgan fingerprint density at radius 3 is 1.96 bits per heavy atom. The third-order valence-electron chi connectivity index (χ3n) is 4.08. The molecular formula is C22H24N2S. The summed E-state index contributed by atoms with van der Waals surface area (Å²) in [6.07, 6.45) is 0.932. The molecule has 1 atom stereocenters. The Hall–Kier alpha value is -2.23. The lowest BCUT2D eigenvalue weighted by molar-refractivity contribution is 0.724. The maximum atomic E-state index is 5.94. The van der Waals surface area contributed by atoms with Crippen molar-refractivity contribution >= 4 is 17.4 Å². The van der Waals surface area contributed by atoms with Gasteiger partial charge in [-0.15, -0.1) is 11.8 Å². The van der Waals surface area contributed by atoms with Crippen molar-refractivity contribution < 1.29 is 0 Å². The van der Waals surface area contributed by atoms with E-state index in [-0.39, 0.29) is 6.04 Å². The van der Waals surface area contributed by atoms with Crippen molar-refractivity contribution in [3.8, 4) is 0 Å². The number of thioether (sulfide) groups is 1. The minimum atomic E-state index is 0.241. The molecule has 128 valence electrons. The van der Waals surface area contributed by atoms with Gasteiger partial charge in [-0.05, 0) is 41.8 Å². The van der Waals surface area contributed by atoms with Crippen molar-refractivity contribution in [1.82, 2.24) is 0 Å². The number of nitrogens with one attached hydrogen (secondary N) is 1. The van der Waals surface area contributed by atoms with Gasteiger partial charge in [-0.3, -0.25) is 0 Å². The molecule has 0 aliphatic carbocycles. The molecule has 0 aromatic heterocycles. The smallest absolute Gasteiger partial charge is 0.0424 e. The van der Waals surface area contributed by atoms with E-state index < -0.39 is 0 Å². The van der Waals surface area contributed by atoms with Gasteiger partial charge in [0.2, 0.25) is 0 Å². The van der Waals surface area contributed by atoms with E-state index in [4.69, 9.17) is 5.73 Å². The Kier molecular flexibility index (Phi) is 6.55. The van der Waals surface area contributed by atoms with Crippen LogP contribution in [0.2, 0.25) is 0 Å². The summed E-state index contributed by atoms with van der Waals surface area (Å²) in [4.78, 5) is 1.28. The highest BCUT2D eigenvalue weighted by Gasteiger charge is 2.07. The molecule has 0 aliphatic rings. The first kappa shape index (κ1) is 17.6. The summed E-state index contributed by atoms with van der Waals surface area (Å²) < 4.78 is 0. The van der Waals surface area contributed by atoms with E-state index in [2.05, 4.69) is 84.2 Å². The first-order valence-corrected chi connectivity index (χ1v) is 9.59.